The van der Waals surface area contributed by atoms with E-state index in [9.17, 15) is 9.18 Å². The Morgan fingerprint density at radius 1 is 1.13 bits per heavy atom. The van der Waals surface area contributed by atoms with Crippen LogP contribution >= 0.6 is 0 Å². The molecule has 30 heavy (non-hydrogen) atoms. The van der Waals surface area contributed by atoms with Gasteiger partial charge in [0.2, 0.25) is 11.7 Å². The molecule has 0 bridgehead atoms. The predicted octanol–water partition coefficient (Wildman–Crippen LogP) is 4.17. The van der Waals surface area contributed by atoms with Crippen LogP contribution in [0.25, 0.3) is 17.1 Å². The lowest BCUT2D eigenvalue weighted by Gasteiger charge is -2.10. The number of rotatable bonds is 5. The lowest BCUT2D eigenvalue weighted by Crippen LogP contribution is -2.27. The molecular weight excluding hydrogens is 385 g/mol. The molecule has 2 heterocycles. The van der Waals surface area contributed by atoms with Crippen LogP contribution in [0.15, 0.2) is 59.3 Å². The molecule has 1 amide bonds. The van der Waals surface area contributed by atoms with Gasteiger partial charge in [-0.25, -0.2) is 9.07 Å². The van der Waals surface area contributed by atoms with E-state index in [0.29, 0.717) is 17.0 Å². The SMILES string of the molecule is Cc1ccccc1-n1ncc(C(=O)NC(C)c2nc(-c3ccc(F)cc3)no2)c1C. The summed E-state index contributed by atoms with van der Waals surface area (Å²) < 4.78 is 20.1. The van der Waals surface area contributed by atoms with Gasteiger partial charge < -0.3 is 9.84 Å². The van der Waals surface area contributed by atoms with Crippen molar-refractivity contribution in [3.63, 3.8) is 0 Å². The topological polar surface area (TPSA) is 85.8 Å². The molecular formula is C22H20FN5O2. The number of carbonyl (C=O) groups is 1. The van der Waals surface area contributed by atoms with E-state index in [2.05, 4.69) is 20.6 Å². The largest absolute Gasteiger partial charge is 0.340 e. The summed E-state index contributed by atoms with van der Waals surface area (Å²) in [4.78, 5) is 17.1. The Morgan fingerprint density at radius 3 is 2.60 bits per heavy atom. The van der Waals surface area contributed by atoms with Crippen LogP contribution in [0.4, 0.5) is 4.39 Å². The third kappa shape index (κ3) is 3.71. The van der Waals surface area contributed by atoms with Crippen LogP contribution in [0.2, 0.25) is 0 Å². The zero-order chi connectivity index (χ0) is 21.3. The Hall–Kier alpha value is -3.81. The molecule has 8 heteroatoms. The quantitative estimate of drug-likeness (QED) is 0.539. The van der Waals surface area contributed by atoms with Gasteiger partial charge in [0.05, 0.1) is 23.1 Å². The lowest BCUT2D eigenvalue weighted by atomic mass is 10.2. The third-order valence-electron chi connectivity index (χ3n) is 4.86. The molecule has 0 aliphatic heterocycles. The summed E-state index contributed by atoms with van der Waals surface area (Å²) in [5, 5.41) is 11.1. The van der Waals surface area contributed by atoms with E-state index in [0.717, 1.165) is 16.9 Å². The zero-order valence-corrected chi connectivity index (χ0v) is 16.8. The first-order chi connectivity index (χ1) is 14.4. The molecule has 0 spiro atoms. The van der Waals surface area contributed by atoms with Gasteiger partial charge in [-0.1, -0.05) is 23.4 Å². The van der Waals surface area contributed by atoms with Crippen LogP contribution in [0.5, 0.6) is 0 Å². The minimum atomic E-state index is -0.514. The van der Waals surface area contributed by atoms with E-state index in [1.807, 2.05) is 38.1 Å². The molecule has 1 unspecified atom stereocenters. The predicted molar refractivity (Wildman–Crippen MR) is 109 cm³/mol. The van der Waals surface area contributed by atoms with E-state index in [1.54, 1.807) is 29.9 Å². The number of halogens is 1. The Balaban J connectivity index is 1.51. The average Bonchev–Trinajstić information content (AvgIpc) is 3.36. The normalized spacial score (nSPS) is 12.0. The van der Waals surface area contributed by atoms with E-state index in [1.165, 1.54) is 12.1 Å². The van der Waals surface area contributed by atoms with Gasteiger partial charge in [0.25, 0.3) is 5.91 Å². The summed E-state index contributed by atoms with van der Waals surface area (Å²) in [5.74, 6) is -0.0487. The van der Waals surface area contributed by atoms with Crippen molar-refractivity contribution < 1.29 is 13.7 Å². The molecule has 0 saturated heterocycles. The summed E-state index contributed by atoms with van der Waals surface area (Å²) >= 11 is 0. The molecule has 0 aliphatic carbocycles. The number of hydrogen-bond donors (Lipinski definition) is 1. The van der Waals surface area contributed by atoms with E-state index >= 15 is 0 Å². The van der Waals surface area contributed by atoms with Crippen molar-refractivity contribution in [2.45, 2.75) is 26.8 Å². The van der Waals surface area contributed by atoms with Gasteiger partial charge in [0, 0.05) is 5.56 Å². The first kappa shape index (κ1) is 19.5. The highest BCUT2D eigenvalue weighted by atomic mass is 19.1. The average molecular weight is 405 g/mol. The van der Waals surface area contributed by atoms with Gasteiger partial charge in [-0.2, -0.15) is 10.1 Å². The number of aryl methyl sites for hydroxylation is 1. The number of benzene rings is 2. The third-order valence-corrected chi connectivity index (χ3v) is 4.86. The minimum Gasteiger partial charge on any atom is -0.340 e. The minimum absolute atomic E-state index is 0.256. The monoisotopic (exact) mass is 405 g/mol. The second kappa shape index (κ2) is 7.90. The maximum absolute atomic E-state index is 13.1. The molecule has 0 saturated carbocycles. The Labute approximate surface area is 172 Å². The summed E-state index contributed by atoms with van der Waals surface area (Å²) in [6.07, 6.45) is 1.54. The summed E-state index contributed by atoms with van der Waals surface area (Å²) in [6, 6.07) is 13.1. The fourth-order valence-electron chi connectivity index (χ4n) is 3.14. The van der Waals surface area contributed by atoms with Crippen molar-refractivity contribution in [2.75, 3.05) is 0 Å². The van der Waals surface area contributed by atoms with Crippen LogP contribution in [0.1, 0.15) is 40.5 Å². The van der Waals surface area contributed by atoms with Crippen molar-refractivity contribution in [1.29, 1.82) is 0 Å². The molecule has 0 fully saturated rings. The number of hydrogen-bond acceptors (Lipinski definition) is 5. The van der Waals surface area contributed by atoms with Gasteiger partial charge in [-0.15, -0.1) is 0 Å². The number of amides is 1. The van der Waals surface area contributed by atoms with Gasteiger partial charge in [-0.05, 0) is 56.7 Å². The highest BCUT2D eigenvalue weighted by Crippen LogP contribution is 2.21. The van der Waals surface area contributed by atoms with Crippen LogP contribution in [0.3, 0.4) is 0 Å². The van der Waals surface area contributed by atoms with Crippen LogP contribution in [0, 0.1) is 19.7 Å². The first-order valence-electron chi connectivity index (χ1n) is 9.45. The van der Waals surface area contributed by atoms with Crippen molar-refractivity contribution in [3.05, 3.63) is 83.3 Å². The van der Waals surface area contributed by atoms with Crippen LogP contribution in [-0.4, -0.2) is 25.8 Å². The molecule has 152 valence electrons. The molecule has 2 aromatic heterocycles. The van der Waals surface area contributed by atoms with E-state index < -0.39 is 6.04 Å². The van der Waals surface area contributed by atoms with Crippen molar-refractivity contribution >= 4 is 5.91 Å². The maximum Gasteiger partial charge on any atom is 0.255 e. The molecule has 4 aromatic rings. The molecule has 7 nitrogen and oxygen atoms in total. The maximum atomic E-state index is 13.1. The van der Waals surface area contributed by atoms with Crippen molar-refractivity contribution in [1.82, 2.24) is 25.2 Å². The number of carbonyl (C=O) groups excluding carboxylic acids is 1. The Morgan fingerprint density at radius 2 is 1.87 bits per heavy atom. The van der Waals surface area contributed by atoms with Gasteiger partial charge >= 0.3 is 0 Å². The standard InChI is InChI=1S/C22H20FN5O2/c1-13-6-4-5-7-19(13)28-15(3)18(12-24-28)21(29)25-14(2)22-26-20(27-30-22)16-8-10-17(23)11-9-16/h4-12,14H,1-3H3,(H,25,29). The zero-order valence-electron chi connectivity index (χ0n) is 16.8. The highest BCUT2D eigenvalue weighted by molar-refractivity contribution is 5.95. The van der Waals surface area contributed by atoms with Crippen molar-refractivity contribution in [3.8, 4) is 17.1 Å². The first-order valence-corrected chi connectivity index (χ1v) is 9.45. The fourth-order valence-corrected chi connectivity index (χ4v) is 3.14. The van der Waals surface area contributed by atoms with Gasteiger partial charge in [0.15, 0.2) is 0 Å². The summed E-state index contributed by atoms with van der Waals surface area (Å²) in [7, 11) is 0. The molecule has 1 atom stereocenters. The Bertz CT molecular complexity index is 1200. The highest BCUT2D eigenvalue weighted by Gasteiger charge is 2.21. The van der Waals surface area contributed by atoms with Gasteiger partial charge in [-0.3, -0.25) is 4.79 Å². The second-order valence-corrected chi connectivity index (χ2v) is 7.00. The fraction of sp³-hybridized carbons (Fsp3) is 0.182. The van der Waals surface area contributed by atoms with Gasteiger partial charge in [0.1, 0.15) is 11.9 Å². The van der Waals surface area contributed by atoms with E-state index in [-0.39, 0.29) is 17.6 Å². The summed E-state index contributed by atoms with van der Waals surface area (Å²) in [6.45, 7) is 5.59. The lowest BCUT2D eigenvalue weighted by molar-refractivity contribution is 0.0932. The van der Waals surface area contributed by atoms with Crippen LogP contribution < -0.4 is 5.32 Å². The number of nitrogens with zero attached hydrogens (tertiary/aromatic N) is 4. The number of aromatic nitrogens is 4. The summed E-state index contributed by atoms with van der Waals surface area (Å²) in [5.41, 5.74) is 3.79. The molecule has 0 aliphatic rings. The smallest absolute Gasteiger partial charge is 0.255 e. The molecule has 1 N–H and O–H groups in total. The van der Waals surface area contributed by atoms with Crippen molar-refractivity contribution in [2.24, 2.45) is 0 Å². The number of nitrogens with one attached hydrogen (secondary N) is 1. The Kier molecular flexibility index (Phi) is 5.14. The van der Waals surface area contributed by atoms with E-state index in [4.69, 9.17) is 4.52 Å². The second-order valence-electron chi connectivity index (χ2n) is 7.00. The number of para-hydroxylation sites is 1. The molecule has 4 rings (SSSR count). The van der Waals surface area contributed by atoms with Crippen LogP contribution in [-0.2, 0) is 0 Å². The molecule has 2 aromatic carbocycles. The molecule has 0 radical (unpaired) electrons.